The lowest BCUT2D eigenvalue weighted by Crippen LogP contribution is -2.15. The van der Waals surface area contributed by atoms with E-state index in [0.717, 1.165) is 4.68 Å². The summed E-state index contributed by atoms with van der Waals surface area (Å²) in [7, 11) is 0. The van der Waals surface area contributed by atoms with Gasteiger partial charge in [0.2, 0.25) is 5.82 Å². The predicted molar refractivity (Wildman–Crippen MR) is 110 cm³/mol. The SMILES string of the molecule is O=C(Nc1ccn(Cc2c(F)c(F)c(F)c(F)c2F)n1)c1ccn(COc2ccccc2Cl)n1. The van der Waals surface area contributed by atoms with E-state index in [-0.39, 0.29) is 18.2 Å². The summed E-state index contributed by atoms with van der Waals surface area (Å²) in [6.07, 6.45) is 2.69. The first-order valence-corrected chi connectivity index (χ1v) is 9.88. The van der Waals surface area contributed by atoms with Gasteiger partial charge in [-0.3, -0.25) is 9.48 Å². The quantitative estimate of drug-likeness (QED) is 0.227. The number of nitrogens with zero attached hydrogens (tertiary/aromatic N) is 4. The number of para-hydroxylation sites is 1. The van der Waals surface area contributed by atoms with Crippen molar-refractivity contribution < 1.29 is 31.5 Å². The molecular weight excluding hydrogens is 485 g/mol. The summed E-state index contributed by atoms with van der Waals surface area (Å²) in [5, 5.41) is 10.8. The van der Waals surface area contributed by atoms with Crippen molar-refractivity contribution >= 4 is 23.3 Å². The number of anilines is 1. The van der Waals surface area contributed by atoms with Gasteiger partial charge in [0.15, 0.2) is 41.5 Å². The first-order chi connectivity index (χ1) is 16.2. The van der Waals surface area contributed by atoms with Crippen molar-refractivity contribution in [2.45, 2.75) is 13.3 Å². The molecule has 2 aromatic heterocycles. The lowest BCUT2D eigenvalue weighted by atomic mass is 10.1. The van der Waals surface area contributed by atoms with Gasteiger partial charge in [-0.05, 0) is 18.2 Å². The topological polar surface area (TPSA) is 74.0 Å². The van der Waals surface area contributed by atoms with Crippen LogP contribution in [0.4, 0.5) is 27.8 Å². The number of rotatable bonds is 7. The molecule has 0 aliphatic rings. The number of nitrogens with one attached hydrogen (secondary N) is 1. The molecule has 2 heterocycles. The molecule has 1 amide bonds. The van der Waals surface area contributed by atoms with Crippen LogP contribution in [0.1, 0.15) is 16.1 Å². The van der Waals surface area contributed by atoms with Gasteiger partial charge in [-0.1, -0.05) is 23.7 Å². The number of carbonyl (C=O) groups is 1. The summed E-state index contributed by atoms with van der Waals surface area (Å²) in [5.74, 6) is -10.5. The van der Waals surface area contributed by atoms with E-state index in [1.165, 1.54) is 29.2 Å². The lowest BCUT2D eigenvalue weighted by Gasteiger charge is -2.08. The van der Waals surface area contributed by atoms with Crippen molar-refractivity contribution in [1.82, 2.24) is 19.6 Å². The predicted octanol–water partition coefficient (Wildman–Crippen LogP) is 4.77. The number of halogens is 6. The van der Waals surface area contributed by atoms with Crippen LogP contribution in [0.15, 0.2) is 48.8 Å². The highest BCUT2D eigenvalue weighted by atomic mass is 35.5. The second kappa shape index (κ2) is 9.51. The van der Waals surface area contributed by atoms with Gasteiger partial charge in [-0.15, -0.1) is 0 Å². The molecule has 34 heavy (non-hydrogen) atoms. The molecule has 0 fully saturated rings. The fraction of sp³-hybridized carbons (Fsp3) is 0.0952. The van der Waals surface area contributed by atoms with Gasteiger partial charge in [-0.2, -0.15) is 10.2 Å². The first-order valence-electron chi connectivity index (χ1n) is 9.50. The first kappa shape index (κ1) is 23.2. The van der Waals surface area contributed by atoms with E-state index >= 15 is 0 Å². The Balaban J connectivity index is 1.40. The number of hydrogen-bond donors (Lipinski definition) is 1. The van der Waals surface area contributed by atoms with E-state index in [4.69, 9.17) is 16.3 Å². The van der Waals surface area contributed by atoms with Gasteiger partial charge in [-0.25, -0.2) is 26.6 Å². The Morgan fingerprint density at radius 3 is 2.24 bits per heavy atom. The number of hydrogen-bond acceptors (Lipinski definition) is 4. The highest BCUT2D eigenvalue weighted by Crippen LogP contribution is 2.24. The van der Waals surface area contributed by atoms with Crippen LogP contribution in [0.25, 0.3) is 0 Å². The summed E-state index contributed by atoms with van der Waals surface area (Å²) in [5.41, 5.74) is -1.05. The van der Waals surface area contributed by atoms with Crippen LogP contribution in [0, 0.1) is 29.1 Å². The highest BCUT2D eigenvalue weighted by Gasteiger charge is 2.26. The van der Waals surface area contributed by atoms with E-state index in [9.17, 15) is 26.7 Å². The normalized spacial score (nSPS) is 11.0. The molecule has 1 N–H and O–H groups in total. The molecule has 176 valence electrons. The molecule has 0 bridgehead atoms. The van der Waals surface area contributed by atoms with Crippen LogP contribution >= 0.6 is 11.6 Å². The molecule has 0 radical (unpaired) electrons. The fourth-order valence-corrected chi connectivity index (χ4v) is 3.09. The van der Waals surface area contributed by atoms with Crippen LogP contribution < -0.4 is 10.1 Å². The fourth-order valence-electron chi connectivity index (χ4n) is 2.90. The van der Waals surface area contributed by atoms with Crippen LogP contribution in [0.2, 0.25) is 5.02 Å². The van der Waals surface area contributed by atoms with Gasteiger partial charge >= 0.3 is 0 Å². The maximum atomic E-state index is 13.9. The van der Waals surface area contributed by atoms with Gasteiger partial charge in [0.1, 0.15) is 5.75 Å². The standard InChI is InChI=1S/C21H13ClF5N5O2/c22-12-3-1-2-4-14(12)34-10-32-7-5-13(29-32)21(33)28-15-6-8-31(30-15)9-11-16(23)18(25)20(27)19(26)17(11)24/h1-8H,9-10H2,(H,28,30,33). The van der Waals surface area contributed by atoms with Gasteiger partial charge in [0.05, 0.1) is 17.1 Å². The van der Waals surface area contributed by atoms with E-state index < -0.39 is 47.1 Å². The number of benzene rings is 2. The Kier molecular flexibility index (Phi) is 6.50. The van der Waals surface area contributed by atoms with Crippen LogP contribution in [0.3, 0.4) is 0 Å². The van der Waals surface area contributed by atoms with Crippen LogP contribution in [0.5, 0.6) is 5.75 Å². The molecule has 0 atom stereocenters. The Hall–Kier alpha value is -3.93. The van der Waals surface area contributed by atoms with Crippen molar-refractivity contribution in [1.29, 1.82) is 0 Å². The molecule has 4 aromatic rings. The minimum atomic E-state index is -2.25. The van der Waals surface area contributed by atoms with Gasteiger partial charge in [0.25, 0.3) is 5.91 Å². The van der Waals surface area contributed by atoms with Gasteiger partial charge < -0.3 is 10.1 Å². The molecule has 4 rings (SSSR count). The average Bonchev–Trinajstić information content (AvgIpc) is 3.48. The maximum absolute atomic E-state index is 13.9. The summed E-state index contributed by atoms with van der Waals surface area (Å²) in [4.78, 5) is 12.4. The minimum Gasteiger partial charge on any atom is -0.470 e. The largest absolute Gasteiger partial charge is 0.470 e. The highest BCUT2D eigenvalue weighted by molar-refractivity contribution is 6.32. The third-order valence-electron chi connectivity index (χ3n) is 4.57. The molecule has 0 saturated carbocycles. The van der Waals surface area contributed by atoms with Gasteiger partial charge in [0, 0.05) is 18.5 Å². The van der Waals surface area contributed by atoms with E-state index in [2.05, 4.69) is 15.5 Å². The Bertz CT molecular complexity index is 1340. The van der Waals surface area contributed by atoms with E-state index in [1.54, 1.807) is 24.3 Å². The zero-order valence-corrected chi connectivity index (χ0v) is 17.7. The molecule has 7 nitrogen and oxygen atoms in total. The Labute approximate surface area is 193 Å². The summed E-state index contributed by atoms with van der Waals surface area (Å²) in [6, 6.07) is 9.51. The van der Waals surface area contributed by atoms with Crippen molar-refractivity contribution in [3.05, 3.63) is 94.2 Å². The van der Waals surface area contributed by atoms with Crippen LogP contribution in [-0.4, -0.2) is 25.5 Å². The molecule has 0 unspecified atom stereocenters. The number of carbonyl (C=O) groups excluding carboxylic acids is 1. The Morgan fingerprint density at radius 1 is 0.882 bits per heavy atom. The average molecular weight is 498 g/mol. The maximum Gasteiger partial charge on any atom is 0.277 e. The molecule has 0 aliphatic heterocycles. The van der Waals surface area contributed by atoms with Crippen molar-refractivity contribution in [3.8, 4) is 5.75 Å². The number of ether oxygens (including phenoxy) is 1. The smallest absolute Gasteiger partial charge is 0.277 e. The molecule has 0 saturated heterocycles. The second-order valence-electron chi connectivity index (χ2n) is 6.85. The molecule has 0 spiro atoms. The number of aromatic nitrogens is 4. The second-order valence-corrected chi connectivity index (χ2v) is 7.25. The molecule has 2 aromatic carbocycles. The van der Waals surface area contributed by atoms with E-state index in [0.29, 0.717) is 10.8 Å². The molecule has 0 aliphatic carbocycles. The summed E-state index contributed by atoms with van der Waals surface area (Å²) >= 11 is 6.01. The number of amides is 1. The van der Waals surface area contributed by atoms with E-state index in [1.807, 2.05) is 0 Å². The monoisotopic (exact) mass is 497 g/mol. The summed E-state index contributed by atoms with van der Waals surface area (Å²) in [6.45, 7) is -0.775. The van der Waals surface area contributed by atoms with Crippen molar-refractivity contribution in [2.24, 2.45) is 0 Å². The third kappa shape index (κ3) is 4.71. The minimum absolute atomic E-state index is 0.0112. The zero-order chi connectivity index (χ0) is 24.4. The van der Waals surface area contributed by atoms with Crippen LogP contribution in [-0.2, 0) is 13.3 Å². The zero-order valence-electron chi connectivity index (χ0n) is 16.9. The molecular formula is C21H13ClF5N5O2. The lowest BCUT2D eigenvalue weighted by molar-refractivity contribution is 0.101. The Morgan fingerprint density at radius 2 is 1.53 bits per heavy atom. The summed E-state index contributed by atoms with van der Waals surface area (Å²) < 4.78 is 75.4. The van der Waals surface area contributed by atoms with Crippen molar-refractivity contribution in [3.63, 3.8) is 0 Å². The van der Waals surface area contributed by atoms with Crippen molar-refractivity contribution in [2.75, 3.05) is 5.32 Å². The third-order valence-corrected chi connectivity index (χ3v) is 4.88. The molecule has 13 heteroatoms.